The molecule has 0 radical (unpaired) electrons. The number of anilines is 1. The molecule has 3 nitrogen and oxygen atoms in total. The maximum atomic E-state index is 8.83. The van der Waals surface area contributed by atoms with Gasteiger partial charge in [-0.3, -0.25) is 0 Å². The van der Waals surface area contributed by atoms with Gasteiger partial charge in [0.1, 0.15) is 6.07 Å². The van der Waals surface area contributed by atoms with Gasteiger partial charge in [0.2, 0.25) is 0 Å². The van der Waals surface area contributed by atoms with Crippen LogP contribution in [0.15, 0.2) is 18.3 Å². The minimum absolute atomic E-state index is 0.525. The first-order chi connectivity index (χ1) is 6.33. The Balaban J connectivity index is 2.32. The summed E-state index contributed by atoms with van der Waals surface area (Å²) in [6.45, 7) is 0. The highest BCUT2D eigenvalue weighted by Gasteiger charge is 2.27. The van der Waals surface area contributed by atoms with E-state index in [2.05, 4.69) is 16.0 Å². The second kappa shape index (κ2) is 3.06. The molecule has 2 rings (SSSR count). The van der Waals surface area contributed by atoms with Gasteiger partial charge in [-0.15, -0.1) is 0 Å². The second-order valence-electron chi connectivity index (χ2n) is 3.33. The van der Waals surface area contributed by atoms with Crippen LogP contribution in [0.4, 0.5) is 5.69 Å². The lowest BCUT2D eigenvalue weighted by molar-refractivity contribution is 0.908. The van der Waals surface area contributed by atoms with Gasteiger partial charge in [0.25, 0.3) is 0 Å². The highest BCUT2D eigenvalue weighted by Crippen LogP contribution is 2.30. The fraction of sp³-hybridized carbons (Fsp3) is 0.400. The predicted molar refractivity (Wildman–Crippen MR) is 50.4 cm³/mol. The molecule has 3 heteroatoms. The van der Waals surface area contributed by atoms with E-state index in [1.54, 1.807) is 6.20 Å². The molecule has 1 heterocycles. The summed E-state index contributed by atoms with van der Waals surface area (Å²) in [5.41, 5.74) is 1.48. The average molecular weight is 173 g/mol. The lowest BCUT2D eigenvalue weighted by Gasteiger charge is -2.18. The topological polar surface area (TPSA) is 39.9 Å². The van der Waals surface area contributed by atoms with Gasteiger partial charge >= 0.3 is 0 Å². The maximum Gasteiger partial charge on any atom is 0.163 e. The van der Waals surface area contributed by atoms with Gasteiger partial charge in [0.05, 0.1) is 5.69 Å². The van der Waals surface area contributed by atoms with E-state index in [1.165, 1.54) is 12.8 Å². The van der Waals surface area contributed by atoms with Crippen LogP contribution < -0.4 is 4.90 Å². The molecule has 0 amide bonds. The van der Waals surface area contributed by atoms with Gasteiger partial charge in [-0.1, -0.05) is 0 Å². The fourth-order valence-corrected chi connectivity index (χ4v) is 1.43. The van der Waals surface area contributed by atoms with Crippen LogP contribution in [-0.4, -0.2) is 18.1 Å². The normalized spacial score (nSPS) is 15.1. The Hall–Kier alpha value is -1.56. The molecule has 0 atom stereocenters. The van der Waals surface area contributed by atoms with Gasteiger partial charge in [0, 0.05) is 19.3 Å². The molecule has 0 spiro atoms. The molecule has 66 valence electrons. The zero-order valence-corrected chi connectivity index (χ0v) is 7.57. The van der Waals surface area contributed by atoms with Crippen LogP contribution in [0.25, 0.3) is 0 Å². The summed E-state index contributed by atoms with van der Waals surface area (Å²) in [7, 11) is 2.02. The maximum absolute atomic E-state index is 8.83. The van der Waals surface area contributed by atoms with Gasteiger partial charge in [-0.2, -0.15) is 5.26 Å². The third kappa shape index (κ3) is 1.48. The van der Waals surface area contributed by atoms with Crippen molar-refractivity contribution in [3.8, 4) is 6.07 Å². The number of hydrogen-bond acceptors (Lipinski definition) is 3. The molecular weight excluding hydrogens is 162 g/mol. The first-order valence-corrected chi connectivity index (χ1v) is 4.41. The van der Waals surface area contributed by atoms with Crippen molar-refractivity contribution in [3.63, 3.8) is 0 Å². The lowest BCUT2D eigenvalue weighted by Crippen LogP contribution is -2.20. The first kappa shape index (κ1) is 8.06. The Bertz CT molecular complexity index is 349. The van der Waals surface area contributed by atoms with Crippen LogP contribution in [-0.2, 0) is 0 Å². The zero-order chi connectivity index (χ0) is 9.26. The summed E-state index contributed by atoms with van der Waals surface area (Å²) in [5, 5.41) is 8.83. The van der Waals surface area contributed by atoms with E-state index in [0.717, 1.165) is 5.69 Å². The van der Waals surface area contributed by atoms with E-state index < -0.39 is 0 Å². The van der Waals surface area contributed by atoms with Gasteiger partial charge in [0.15, 0.2) is 5.69 Å². The quantitative estimate of drug-likeness (QED) is 0.681. The summed E-state index contributed by atoms with van der Waals surface area (Å²) in [6, 6.07) is 6.55. The Labute approximate surface area is 77.6 Å². The minimum Gasteiger partial charge on any atom is -0.369 e. The van der Waals surface area contributed by atoms with Crippen molar-refractivity contribution in [1.82, 2.24) is 4.98 Å². The van der Waals surface area contributed by atoms with Gasteiger partial charge in [-0.25, -0.2) is 4.98 Å². The van der Waals surface area contributed by atoms with Crippen LogP contribution in [0, 0.1) is 11.3 Å². The average Bonchev–Trinajstić information content (AvgIpc) is 3.00. The number of hydrogen-bond donors (Lipinski definition) is 0. The Kier molecular flexibility index (Phi) is 1.90. The molecule has 1 fully saturated rings. The molecule has 1 aliphatic rings. The standard InChI is InChI=1S/C10H11N3/c1-13(8-4-5-8)10-3-2-6-12-9(10)7-11/h2-3,6,8H,4-5H2,1H3. The molecule has 0 bridgehead atoms. The van der Waals surface area contributed by atoms with E-state index in [1.807, 2.05) is 19.2 Å². The Morgan fingerprint density at radius 2 is 2.38 bits per heavy atom. The minimum atomic E-state index is 0.525. The van der Waals surface area contributed by atoms with Crippen LogP contribution in [0.1, 0.15) is 18.5 Å². The van der Waals surface area contributed by atoms with E-state index in [-0.39, 0.29) is 0 Å². The summed E-state index contributed by atoms with van der Waals surface area (Å²) in [4.78, 5) is 6.17. The van der Waals surface area contributed by atoms with Crippen molar-refractivity contribution in [3.05, 3.63) is 24.0 Å². The Morgan fingerprint density at radius 1 is 1.62 bits per heavy atom. The number of aromatic nitrogens is 1. The molecule has 1 aromatic heterocycles. The van der Waals surface area contributed by atoms with Crippen molar-refractivity contribution in [2.75, 3.05) is 11.9 Å². The number of pyridine rings is 1. The van der Waals surface area contributed by atoms with E-state index in [4.69, 9.17) is 5.26 Å². The number of rotatable bonds is 2. The molecule has 1 saturated carbocycles. The van der Waals surface area contributed by atoms with E-state index >= 15 is 0 Å². The summed E-state index contributed by atoms with van der Waals surface area (Å²) in [6.07, 6.45) is 4.12. The molecule has 0 aliphatic heterocycles. The monoisotopic (exact) mass is 173 g/mol. The van der Waals surface area contributed by atoms with Crippen LogP contribution in [0.5, 0.6) is 0 Å². The first-order valence-electron chi connectivity index (χ1n) is 4.41. The fourth-order valence-electron chi connectivity index (χ4n) is 1.43. The summed E-state index contributed by atoms with van der Waals surface area (Å²) < 4.78 is 0. The highest BCUT2D eigenvalue weighted by molar-refractivity contribution is 5.56. The van der Waals surface area contributed by atoms with Crippen molar-refractivity contribution in [2.45, 2.75) is 18.9 Å². The zero-order valence-electron chi connectivity index (χ0n) is 7.57. The molecule has 13 heavy (non-hydrogen) atoms. The summed E-state index contributed by atoms with van der Waals surface area (Å²) >= 11 is 0. The molecule has 0 aromatic carbocycles. The number of nitrogens with zero attached hydrogens (tertiary/aromatic N) is 3. The predicted octanol–water partition coefficient (Wildman–Crippen LogP) is 1.55. The molecule has 1 aliphatic carbocycles. The van der Waals surface area contributed by atoms with Gasteiger partial charge < -0.3 is 4.90 Å². The smallest absolute Gasteiger partial charge is 0.163 e. The van der Waals surface area contributed by atoms with Crippen molar-refractivity contribution in [2.24, 2.45) is 0 Å². The molecule has 0 unspecified atom stereocenters. The van der Waals surface area contributed by atoms with Gasteiger partial charge in [-0.05, 0) is 25.0 Å². The second-order valence-corrected chi connectivity index (χ2v) is 3.33. The highest BCUT2D eigenvalue weighted by atomic mass is 15.2. The van der Waals surface area contributed by atoms with Crippen LogP contribution in [0.3, 0.4) is 0 Å². The van der Waals surface area contributed by atoms with Crippen molar-refractivity contribution < 1.29 is 0 Å². The summed E-state index contributed by atoms with van der Waals surface area (Å²) in [5.74, 6) is 0. The Morgan fingerprint density at radius 3 is 3.00 bits per heavy atom. The van der Waals surface area contributed by atoms with Crippen molar-refractivity contribution >= 4 is 5.69 Å². The van der Waals surface area contributed by atoms with E-state index in [0.29, 0.717) is 11.7 Å². The SMILES string of the molecule is CN(c1cccnc1C#N)C1CC1. The van der Waals surface area contributed by atoms with Crippen molar-refractivity contribution in [1.29, 1.82) is 5.26 Å². The lowest BCUT2D eigenvalue weighted by atomic mass is 10.3. The molecule has 0 N–H and O–H groups in total. The molecule has 1 aromatic rings. The third-order valence-electron chi connectivity index (χ3n) is 2.37. The van der Waals surface area contributed by atoms with E-state index in [9.17, 15) is 0 Å². The molecular formula is C10H11N3. The third-order valence-corrected chi connectivity index (χ3v) is 2.37. The molecule has 0 saturated heterocycles. The van der Waals surface area contributed by atoms with Crippen LogP contribution in [0.2, 0.25) is 0 Å². The van der Waals surface area contributed by atoms with Crippen LogP contribution >= 0.6 is 0 Å². The largest absolute Gasteiger partial charge is 0.369 e. The number of nitriles is 1.